The molecule has 0 aliphatic heterocycles. The van der Waals surface area contributed by atoms with Crippen molar-refractivity contribution in [1.29, 1.82) is 0 Å². The van der Waals surface area contributed by atoms with Gasteiger partial charge in [0.15, 0.2) is 0 Å². The summed E-state index contributed by atoms with van der Waals surface area (Å²) in [5.41, 5.74) is 2.48. The van der Waals surface area contributed by atoms with E-state index in [2.05, 4.69) is 45.9 Å². The molecule has 0 heterocycles. The number of unbranched alkanes of at least 4 members (excludes halogenated alkanes) is 16. The van der Waals surface area contributed by atoms with Crippen LogP contribution in [0.1, 0.15) is 154 Å². The van der Waals surface area contributed by atoms with Gasteiger partial charge in [0, 0.05) is 6.42 Å². The van der Waals surface area contributed by atoms with Gasteiger partial charge < -0.3 is 4.74 Å². The summed E-state index contributed by atoms with van der Waals surface area (Å²) in [5, 5.41) is 0. The van der Waals surface area contributed by atoms with Crippen molar-refractivity contribution < 1.29 is 9.53 Å². The lowest BCUT2D eigenvalue weighted by Crippen LogP contribution is -2.11. The van der Waals surface area contributed by atoms with Crippen LogP contribution in [-0.4, -0.2) is 5.97 Å². The molecule has 190 valence electrons. The molecule has 0 bridgehead atoms. The van der Waals surface area contributed by atoms with Crippen molar-refractivity contribution in [2.75, 3.05) is 0 Å². The molecule has 2 heteroatoms. The van der Waals surface area contributed by atoms with Crippen LogP contribution in [0.25, 0.3) is 0 Å². The molecule has 0 aliphatic carbocycles. The van der Waals surface area contributed by atoms with Crippen LogP contribution in [0.2, 0.25) is 0 Å². The van der Waals surface area contributed by atoms with Gasteiger partial charge in [0.2, 0.25) is 0 Å². The summed E-state index contributed by atoms with van der Waals surface area (Å²) in [6, 6.07) is 8.39. The van der Waals surface area contributed by atoms with Gasteiger partial charge in [-0.2, -0.15) is 0 Å². The molecular weight excluding hydrogens is 404 g/mol. The lowest BCUT2D eigenvalue weighted by Gasteiger charge is -2.19. The summed E-state index contributed by atoms with van der Waals surface area (Å²) in [6.07, 6.45) is 23.6. The van der Waals surface area contributed by atoms with Gasteiger partial charge >= 0.3 is 5.97 Å². The van der Waals surface area contributed by atoms with Gasteiger partial charge in [-0.3, -0.25) is 4.79 Å². The maximum atomic E-state index is 12.0. The van der Waals surface area contributed by atoms with Crippen molar-refractivity contribution in [2.45, 2.75) is 155 Å². The second-order valence-electron chi connectivity index (χ2n) is 11.0. The Kier molecular flexibility index (Phi) is 17.2. The zero-order valence-electron chi connectivity index (χ0n) is 22.6. The topological polar surface area (TPSA) is 26.3 Å². The van der Waals surface area contributed by atoms with Crippen LogP contribution in [0.5, 0.6) is 0 Å². The summed E-state index contributed by atoms with van der Waals surface area (Å²) < 4.78 is 5.49. The van der Waals surface area contributed by atoms with Gasteiger partial charge in [-0.25, -0.2) is 0 Å². The molecule has 2 nitrogen and oxygen atoms in total. The van der Waals surface area contributed by atoms with Gasteiger partial charge in [0.25, 0.3) is 0 Å². The van der Waals surface area contributed by atoms with Crippen LogP contribution in [-0.2, 0) is 21.6 Å². The standard InChI is InChI=1S/C31H54O2/c1-5-6-7-8-9-10-11-12-13-14-15-16-17-18-19-20-21-25-30(32)33-27-28-23-22-24-29(26-28)31(2,3)4/h22-24,26H,5-21,25,27H2,1-4H3. The van der Waals surface area contributed by atoms with E-state index in [-0.39, 0.29) is 11.4 Å². The minimum absolute atomic E-state index is 0.0582. The number of rotatable bonds is 20. The normalized spacial score (nSPS) is 11.6. The Bertz CT molecular complexity index is 599. The molecule has 0 amide bonds. The van der Waals surface area contributed by atoms with Gasteiger partial charge in [-0.15, -0.1) is 0 Å². The molecule has 0 N–H and O–H groups in total. The fourth-order valence-electron chi connectivity index (χ4n) is 4.36. The van der Waals surface area contributed by atoms with E-state index < -0.39 is 0 Å². The third-order valence-corrected chi connectivity index (χ3v) is 6.68. The molecule has 0 aliphatic rings. The molecule has 1 rings (SSSR count). The number of carbonyl (C=O) groups excluding carboxylic acids is 1. The Balaban J connectivity index is 1.88. The van der Waals surface area contributed by atoms with Gasteiger partial charge in [0.05, 0.1) is 0 Å². The van der Waals surface area contributed by atoms with E-state index in [0.717, 1.165) is 18.4 Å². The number of esters is 1. The molecule has 0 saturated heterocycles. The maximum absolute atomic E-state index is 12.0. The Labute approximate surface area is 206 Å². The van der Waals surface area contributed by atoms with E-state index >= 15 is 0 Å². The molecular formula is C31H54O2. The highest BCUT2D eigenvalue weighted by Gasteiger charge is 2.14. The molecule has 0 aromatic heterocycles. The second kappa shape index (κ2) is 19.0. The highest BCUT2D eigenvalue weighted by molar-refractivity contribution is 5.69. The summed E-state index contributed by atoms with van der Waals surface area (Å²) in [5.74, 6) is -0.0582. The fourth-order valence-corrected chi connectivity index (χ4v) is 4.36. The van der Waals surface area contributed by atoms with Gasteiger partial charge in [0.1, 0.15) is 6.61 Å². The largest absolute Gasteiger partial charge is 0.461 e. The van der Waals surface area contributed by atoms with E-state index in [1.54, 1.807) is 0 Å². The van der Waals surface area contributed by atoms with Crippen molar-refractivity contribution in [1.82, 2.24) is 0 Å². The van der Waals surface area contributed by atoms with Gasteiger partial charge in [-0.1, -0.05) is 155 Å². The number of carbonyl (C=O) groups is 1. The fraction of sp³-hybridized carbons (Fsp3) is 0.774. The third kappa shape index (κ3) is 16.9. The highest BCUT2D eigenvalue weighted by Crippen LogP contribution is 2.23. The number of hydrogen-bond donors (Lipinski definition) is 0. The average molecular weight is 459 g/mol. The maximum Gasteiger partial charge on any atom is 0.306 e. The number of hydrogen-bond acceptors (Lipinski definition) is 2. The summed E-state index contributed by atoms with van der Waals surface area (Å²) in [7, 11) is 0. The van der Waals surface area contributed by atoms with E-state index in [0.29, 0.717) is 13.0 Å². The monoisotopic (exact) mass is 458 g/mol. The molecule has 1 aromatic carbocycles. The summed E-state index contributed by atoms with van der Waals surface area (Å²) in [6.45, 7) is 9.29. The smallest absolute Gasteiger partial charge is 0.306 e. The predicted molar refractivity (Wildman–Crippen MR) is 144 cm³/mol. The van der Waals surface area contributed by atoms with Crippen LogP contribution >= 0.6 is 0 Å². The third-order valence-electron chi connectivity index (χ3n) is 6.68. The summed E-state index contributed by atoms with van der Waals surface area (Å²) in [4.78, 5) is 12.0. The zero-order valence-corrected chi connectivity index (χ0v) is 22.6. The van der Waals surface area contributed by atoms with E-state index in [4.69, 9.17) is 4.74 Å². The first-order chi connectivity index (χ1) is 15.9. The highest BCUT2D eigenvalue weighted by atomic mass is 16.5. The minimum Gasteiger partial charge on any atom is -0.461 e. The van der Waals surface area contributed by atoms with Crippen molar-refractivity contribution in [3.05, 3.63) is 35.4 Å². The van der Waals surface area contributed by atoms with E-state index in [9.17, 15) is 4.79 Å². The molecule has 0 fully saturated rings. The van der Waals surface area contributed by atoms with Crippen LogP contribution < -0.4 is 0 Å². The van der Waals surface area contributed by atoms with Gasteiger partial charge in [-0.05, 0) is 23.0 Å². The van der Waals surface area contributed by atoms with Crippen LogP contribution in [0, 0.1) is 0 Å². The second-order valence-corrected chi connectivity index (χ2v) is 11.0. The molecule has 0 radical (unpaired) electrons. The molecule has 1 aromatic rings. The van der Waals surface area contributed by atoms with E-state index in [1.807, 2.05) is 6.07 Å². The molecule has 33 heavy (non-hydrogen) atoms. The Morgan fingerprint density at radius 3 is 1.61 bits per heavy atom. The van der Waals surface area contributed by atoms with Crippen LogP contribution in [0.3, 0.4) is 0 Å². The molecule has 0 spiro atoms. The van der Waals surface area contributed by atoms with Crippen LogP contribution in [0.15, 0.2) is 24.3 Å². The lowest BCUT2D eigenvalue weighted by atomic mass is 9.86. The first kappa shape index (κ1) is 29.7. The van der Waals surface area contributed by atoms with Crippen molar-refractivity contribution in [2.24, 2.45) is 0 Å². The Morgan fingerprint density at radius 2 is 1.15 bits per heavy atom. The Morgan fingerprint density at radius 1 is 0.697 bits per heavy atom. The van der Waals surface area contributed by atoms with Crippen molar-refractivity contribution in [3.63, 3.8) is 0 Å². The quantitative estimate of drug-likeness (QED) is 0.143. The average Bonchev–Trinajstić information content (AvgIpc) is 2.79. The SMILES string of the molecule is CCCCCCCCCCCCCCCCCCCC(=O)OCc1cccc(C(C)(C)C)c1. The molecule has 0 atom stereocenters. The van der Waals surface area contributed by atoms with Crippen LogP contribution in [0.4, 0.5) is 0 Å². The first-order valence-corrected chi connectivity index (χ1v) is 14.2. The number of benzene rings is 1. The van der Waals surface area contributed by atoms with Crippen molar-refractivity contribution >= 4 is 5.97 Å². The van der Waals surface area contributed by atoms with E-state index in [1.165, 1.54) is 102 Å². The first-order valence-electron chi connectivity index (χ1n) is 14.2. The molecule has 0 saturated carbocycles. The lowest BCUT2D eigenvalue weighted by molar-refractivity contribution is -0.145. The summed E-state index contributed by atoms with van der Waals surface area (Å²) >= 11 is 0. The minimum atomic E-state index is -0.0582. The van der Waals surface area contributed by atoms with Crippen molar-refractivity contribution in [3.8, 4) is 0 Å². The molecule has 0 unspecified atom stereocenters. The predicted octanol–water partition coefficient (Wildman–Crippen LogP) is 10.1. The Hall–Kier alpha value is -1.31. The number of ether oxygens (including phenoxy) is 1. The zero-order chi connectivity index (χ0) is 24.2.